The van der Waals surface area contributed by atoms with Crippen molar-refractivity contribution in [1.29, 1.82) is 0 Å². The Morgan fingerprint density at radius 3 is 2.39 bits per heavy atom. The molecule has 3 atom stereocenters. The maximum atomic E-state index is 12.3. The molecule has 0 unspecified atom stereocenters. The normalized spacial score (nSPS) is 29.6. The summed E-state index contributed by atoms with van der Waals surface area (Å²) < 4.78 is 0. The van der Waals surface area contributed by atoms with Gasteiger partial charge in [-0.25, -0.2) is 0 Å². The van der Waals surface area contributed by atoms with E-state index >= 15 is 0 Å². The van der Waals surface area contributed by atoms with E-state index in [-0.39, 0.29) is 11.8 Å². The Kier molecular flexibility index (Phi) is 2.89. The molecule has 0 radical (unpaired) electrons. The van der Waals surface area contributed by atoms with E-state index in [1.165, 1.54) is 30.4 Å². The summed E-state index contributed by atoms with van der Waals surface area (Å²) in [5.41, 5.74) is 3.37. The van der Waals surface area contributed by atoms with Gasteiger partial charge in [-0.3, -0.25) is 4.79 Å². The van der Waals surface area contributed by atoms with Gasteiger partial charge in [-0.2, -0.15) is 0 Å². The van der Waals surface area contributed by atoms with E-state index in [0.29, 0.717) is 5.92 Å². The monoisotopic (exact) mass is 243 g/mol. The van der Waals surface area contributed by atoms with E-state index in [4.69, 9.17) is 0 Å². The van der Waals surface area contributed by atoms with Crippen molar-refractivity contribution in [2.24, 2.45) is 17.8 Å². The van der Waals surface area contributed by atoms with Crippen LogP contribution in [0.25, 0.3) is 0 Å². The third-order valence-corrected chi connectivity index (χ3v) is 4.56. The van der Waals surface area contributed by atoms with Crippen LogP contribution < -0.4 is 5.32 Å². The summed E-state index contributed by atoms with van der Waals surface area (Å²) in [5.74, 6) is 1.99. The average molecular weight is 243 g/mol. The van der Waals surface area contributed by atoms with Crippen LogP contribution in [0.5, 0.6) is 0 Å². The highest BCUT2D eigenvalue weighted by Gasteiger charge is 2.42. The molecule has 2 fully saturated rings. The smallest absolute Gasteiger partial charge is 0.227 e. The number of anilines is 1. The van der Waals surface area contributed by atoms with Crippen molar-refractivity contribution in [1.82, 2.24) is 0 Å². The van der Waals surface area contributed by atoms with Gasteiger partial charge in [0, 0.05) is 11.6 Å². The Balaban J connectivity index is 1.70. The van der Waals surface area contributed by atoms with Crippen LogP contribution in [-0.2, 0) is 4.79 Å². The Bertz CT molecular complexity index is 460. The lowest BCUT2D eigenvalue weighted by Crippen LogP contribution is -2.27. The minimum absolute atomic E-state index is 0.243. The largest absolute Gasteiger partial charge is 0.326 e. The van der Waals surface area contributed by atoms with Gasteiger partial charge < -0.3 is 5.32 Å². The summed E-state index contributed by atoms with van der Waals surface area (Å²) in [4.78, 5) is 12.3. The molecule has 2 bridgehead atoms. The molecule has 96 valence electrons. The first kappa shape index (κ1) is 11.8. The minimum atomic E-state index is 0.243. The van der Waals surface area contributed by atoms with E-state index in [9.17, 15) is 4.79 Å². The van der Waals surface area contributed by atoms with Crippen LogP contribution in [0.2, 0.25) is 0 Å². The van der Waals surface area contributed by atoms with Gasteiger partial charge in [0.2, 0.25) is 5.91 Å². The number of carbonyl (C=O) groups excluding carboxylic acids is 1. The topological polar surface area (TPSA) is 29.1 Å². The highest BCUT2D eigenvalue weighted by molar-refractivity contribution is 5.93. The second-order valence-electron chi connectivity index (χ2n) is 6.15. The van der Waals surface area contributed by atoms with Gasteiger partial charge in [-0.1, -0.05) is 12.5 Å². The number of hydrogen-bond donors (Lipinski definition) is 1. The zero-order valence-electron chi connectivity index (χ0n) is 11.2. The Labute approximate surface area is 109 Å². The van der Waals surface area contributed by atoms with Crippen molar-refractivity contribution in [3.05, 3.63) is 29.3 Å². The zero-order chi connectivity index (χ0) is 12.7. The number of nitrogens with one attached hydrogen (secondary N) is 1. The van der Waals surface area contributed by atoms with Crippen molar-refractivity contribution in [3.63, 3.8) is 0 Å². The van der Waals surface area contributed by atoms with Crippen LogP contribution in [0.1, 0.15) is 36.8 Å². The lowest BCUT2D eigenvalue weighted by atomic mass is 9.88. The van der Waals surface area contributed by atoms with Crippen LogP contribution in [0.15, 0.2) is 18.2 Å². The summed E-state index contributed by atoms with van der Waals surface area (Å²) in [6, 6.07) is 6.24. The summed E-state index contributed by atoms with van der Waals surface area (Å²) in [6.07, 6.45) is 5.00. The molecule has 0 heterocycles. The molecule has 1 aromatic rings. The molecule has 2 aliphatic carbocycles. The van der Waals surface area contributed by atoms with Gasteiger partial charge in [0.05, 0.1) is 0 Å². The molecule has 0 aliphatic heterocycles. The minimum Gasteiger partial charge on any atom is -0.326 e. The van der Waals surface area contributed by atoms with Gasteiger partial charge >= 0.3 is 0 Å². The SMILES string of the molecule is Cc1cc(C)cc(NC(=O)[C@H]2C[C@H]3CC[C@H]2C3)c1. The number of benzene rings is 1. The lowest BCUT2D eigenvalue weighted by molar-refractivity contribution is -0.121. The molecule has 2 aliphatic rings. The molecular formula is C16H21NO. The van der Waals surface area contributed by atoms with Gasteiger partial charge in [0.15, 0.2) is 0 Å². The maximum Gasteiger partial charge on any atom is 0.227 e. The molecule has 1 aromatic carbocycles. The third-order valence-electron chi connectivity index (χ3n) is 4.56. The lowest BCUT2D eigenvalue weighted by Gasteiger charge is -2.21. The highest BCUT2D eigenvalue weighted by atomic mass is 16.1. The van der Waals surface area contributed by atoms with E-state index in [1.54, 1.807) is 0 Å². The van der Waals surface area contributed by atoms with Crippen molar-refractivity contribution in [3.8, 4) is 0 Å². The highest BCUT2D eigenvalue weighted by Crippen LogP contribution is 2.48. The molecule has 2 saturated carbocycles. The summed E-state index contributed by atoms with van der Waals surface area (Å²) >= 11 is 0. The first-order valence-electron chi connectivity index (χ1n) is 7.01. The second kappa shape index (κ2) is 4.42. The molecule has 1 N–H and O–H groups in total. The van der Waals surface area contributed by atoms with E-state index < -0.39 is 0 Å². The fraction of sp³-hybridized carbons (Fsp3) is 0.562. The Morgan fingerprint density at radius 2 is 1.83 bits per heavy atom. The second-order valence-corrected chi connectivity index (χ2v) is 6.15. The first-order valence-corrected chi connectivity index (χ1v) is 7.01. The van der Waals surface area contributed by atoms with Gasteiger partial charge in [0.1, 0.15) is 0 Å². The van der Waals surface area contributed by atoms with Gasteiger partial charge in [0.25, 0.3) is 0 Å². The van der Waals surface area contributed by atoms with Gasteiger partial charge in [-0.05, 0) is 68.2 Å². The fourth-order valence-corrected chi connectivity index (χ4v) is 3.85. The van der Waals surface area contributed by atoms with Crippen LogP contribution in [-0.4, -0.2) is 5.91 Å². The van der Waals surface area contributed by atoms with E-state index in [1.807, 2.05) is 0 Å². The molecule has 0 spiro atoms. The van der Waals surface area contributed by atoms with Crippen LogP contribution in [0.4, 0.5) is 5.69 Å². The number of aryl methyl sites for hydroxylation is 2. The quantitative estimate of drug-likeness (QED) is 0.843. The summed E-state index contributed by atoms with van der Waals surface area (Å²) in [6.45, 7) is 4.14. The maximum absolute atomic E-state index is 12.3. The summed E-state index contributed by atoms with van der Waals surface area (Å²) in [5, 5.41) is 3.11. The third kappa shape index (κ3) is 2.16. The van der Waals surface area contributed by atoms with E-state index in [0.717, 1.165) is 18.0 Å². The molecule has 1 amide bonds. The molecule has 0 aromatic heterocycles. The van der Waals surface area contributed by atoms with Crippen molar-refractivity contribution in [2.45, 2.75) is 39.5 Å². The number of rotatable bonds is 2. The Morgan fingerprint density at radius 1 is 1.11 bits per heavy atom. The van der Waals surface area contributed by atoms with Crippen molar-refractivity contribution in [2.75, 3.05) is 5.32 Å². The fourth-order valence-electron chi connectivity index (χ4n) is 3.85. The van der Waals surface area contributed by atoms with Gasteiger partial charge in [-0.15, -0.1) is 0 Å². The molecule has 0 saturated heterocycles. The number of carbonyl (C=O) groups is 1. The standard InChI is InChI=1S/C16H21NO/c1-10-5-11(2)7-14(6-10)17-16(18)15-9-12-3-4-13(15)8-12/h5-7,12-13,15H,3-4,8-9H2,1-2H3,(H,17,18)/t12-,13-,15-/m0/s1. The molecule has 3 rings (SSSR count). The molecular weight excluding hydrogens is 222 g/mol. The van der Waals surface area contributed by atoms with Crippen LogP contribution in [0, 0.1) is 31.6 Å². The number of amides is 1. The zero-order valence-corrected chi connectivity index (χ0v) is 11.2. The summed E-state index contributed by atoms with van der Waals surface area (Å²) in [7, 11) is 0. The van der Waals surface area contributed by atoms with E-state index in [2.05, 4.69) is 37.4 Å². The Hall–Kier alpha value is -1.31. The average Bonchev–Trinajstić information content (AvgIpc) is 2.88. The predicted octanol–water partition coefficient (Wildman–Crippen LogP) is 3.68. The van der Waals surface area contributed by atoms with Crippen molar-refractivity contribution >= 4 is 11.6 Å². The number of hydrogen-bond acceptors (Lipinski definition) is 1. The molecule has 2 heteroatoms. The van der Waals surface area contributed by atoms with Crippen molar-refractivity contribution < 1.29 is 4.79 Å². The van der Waals surface area contributed by atoms with Crippen LogP contribution >= 0.6 is 0 Å². The number of fused-ring (bicyclic) bond motifs is 2. The van der Waals surface area contributed by atoms with Crippen LogP contribution in [0.3, 0.4) is 0 Å². The molecule has 18 heavy (non-hydrogen) atoms. The molecule has 2 nitrogen and oxygen atoms in total. The predicted molar refractivity (Wildman–Crippen MR) is 73.5 cm³/mol. The first-order chi connectivity index (χ1) is 8.61.